The van der Waals surface area contributed by atoms with Crippen molar-refractivity contribution in [1.82, 2.24) is 4.90 Å². The van der Waals surface area contributed by atoms with Crippen molar-refractivity contribution in [3.63, 3.8) is 0 Å². The summed E-state index contributed by atoms with van der Waals surface area (Å²) in [6, 6.07) is 0.769. The van der Waals surface area contributed by atoms with Gasteiger partial charge in [0, 0.05) is 36.4 Å². The molecule has 0 aromatic rings. The normalized spacial score (nSPS) is 28.8. The summed E-state index contributed by atoms with van der Waals surface area (Å²) < 4.78 is 0. The Morgan fingerprint density at radius 3 is 3.10 bits per heavy atom. The minimum atomic E-state index is 0.769. The van der Waals surface area contributed by atoms with Gasteiger partial charge >= 0.3 is 0 Å². The lowest BCUT2D eigenvalue weighted by atomic mass is 10.3. The van der Waals surface area contributed by atoms with E-state index in [9.17, 15) is 0 Å². The Balaban J connectivity index is 2.25. The van der Waals surface area contributed by atoms with E-state index >= 15 is 0 Å². The van der Waals surface area contributed by atoms with Gasteiger partial charge in [-0.3, -0.25) is 4.90 Å². The zero-order valence-corrected chi connectivity index (χ0v) is 8.13. The van der Waals surface area contributed by atoms with Gasteiger partial charge in [-0.1, -0.05) is 0 Å². The van der Waals surface area contributed by atoms with Crippen LogP contribution >= 0.6 is 24.4 Å². The predicted molar refractivity (Wildman–Crippen MR) is 52.2 cm³/mol. The Morgan fingerprint density at radius 2 is 2.50 bits per heavy atom. The second-order valence-electron chi connectivity index (χ2n) is 2.68. The predicted octanol–water partition coefficient (Wildman–Crippen LogP) is 1.35. The lowest BCUT2D eigenvalue weighted by Gasteiger charge is -2.32. The van der Waals surface area contributed by atoms with E-state index in [1.165, 1.54) is 18.1 Å². The van der Waals surface area contributed by atoms with Crippen LogP contribution in [0.25, 0.3) is 0 Å². The molecular formula is C7H15NS2. The molecule has 0 aromatic carbocycles. The molecule has 1 rings (SSSR count). The van der Waals surface area contributed by atoms with Crippen LogP contribution in [-0.2, 0) is 0 Å². The second-order valence-corrected chi connectivity index (χ2v) is 4.28. The smallest absolute Gasteiger partial charge is 0.0158 e. The van der Waals surface area contributed by atoms with Gasteiger partial charge in [0.1, 0.15) is 0 Å². The maximum atomic E-state index is 4.22. The molecule has 60 valence electrons. The molecule has 0 saturated carbocycles. The molecule has 0 spiro atoms. The highest BCUT2D eigenvalue weighted by molar-refractivity contribution is 7.99. The summed E-state index contributed by atoms with van der Waals surface area (Å²) in [5.74, 6) is 3.60. The molecule has 10 heavy (non-hydrogen) atoms. The first kappa shape index (κ1) is 8.75. The Hall–Kier alpha value is 0.660. The zero-order valence-electron chi connectivity index (χ0n) is 6.42. The molecular weight excluding hydrogens is 162 g/mol. The molecule has 1 fully saturated rings. The van der Waals surface area contributed by atoms with Crippen molar-refractivity contribution in [1.29, 1.82) is 0 Å². The third kappa shape index (κ3) is 2.36. The molecule has 1 atom stereocenters. The van der Waals surface area contributed by atoms with Crippen molar-refractivity contribution >= 4 is 24.4 Å². The van der Waals surface area contributed by atoms with Crippen LogP contribution in [0.5, 0.6) is 0 Å². The monoisotopic (exact) mass is 177 g/mol. The Kier molecular flexibility index (Phi) is 3.96. The van der Waals surface area contributed by atoms with Gasteiger partial charge < -0.3 is 0 Å². The van der Waals surface area contributed by atoms with Crippen LogP contribution in [0.1, 0.15) is 6.92 Å². The Labute approximate surface area is 73.0 Å². The second kappa shape index (κ2) is 4.52. The van der Waals surface area contributed by atoms with Gasteiger partial charge in [-0.25, -0.2) is 0 Å². The third-order valence-electron chi connectivity index (χ3n) is 1.89. The third-order valence-corrected chi connectivity index (χ3v) is 3.28. The number of rotatable bonds is 2. The first-order chi connectivity index (χ1) is 4.84. The van der Waals surface area contributed by atoms with Gasteiger partial charge in [0.05, 0.1) is 0 Å². The molecule has 0 aliphatic carbocycles. The lowest BCUT2D eigenvalue weighted by Crippen LogP contribution is -2.41. The molecule has 1 saturated heterocycles. The summed E-state index contributed by atoms with van der Waals surface area (Å²) in [5, 5.41) is 0. The molecule has 1 aliphatic rings. The van der Waals surface area contributed by atoms with Gasteiger partial charge in [-0.05, 0) is 6.92 Å². The Bertz CT molecular complexity index is 95.6. The quantitative estimate of drug-likeness (QED) is 0.634. The molecule has 1 nitrogen and oxygen atoms in total. The van der Waals surface area contributed by atoms with Gasteiger partial charge in [0.15, 0.2) is 0 Å². The van der Waals surface area contributed by atoms with Gasteiger partial charge in [-0.2, -0.15) is 24.4 Å². The topological polar surface area (TPSA) is 3.24 Å². The van der Waals surface area contributed by atoms with Crippen LogP contribution in [0.3, 0.4) is 0 Å². The largest absolute Gasteiger partial charge is 0.298 e. The highest BCUT2D eigenvalue weighted by Crippen LogP contribution is 2.15. The van der Waals surface area contributed by atoms with Crippen molar-refractivity contribution in [3.05, 3.63) is 0 Å². The maximum absolute atomic E-state index is 4.22. The van der Waals surface area contributed by atoms with Crippen LogP contribution in [0.4, 0.5) is 0 Å². The van der Waals surface area contributed by atoms with Gasteiger partial charge in [0.2, 0.25) is 0 Å². The first-order valence-corrected chi connectivity index (χ1v) is 5.56. The summed E-state index contributed by atoms with van der Waals surface area (Å²) >= 11 is 6.29. The summed E-state index contributed by atoms with van der Waals surface area (Å²) in [7, 11) is 0. The lowest BCUT2D eigenvalue weighted by molar-refractivity contribution is 0.248. The molecule has 0 N–H and O–H groups in total. The van der Waals surface area contributed by atoms with E-state index in [0.717, 1.165) is 18.3 Å². The van der Waals surface area contributed by atoms with E-state index < -0.39 is 0 Å². The minimum Gasteiger partial charge on any atom is -0.298 e. The number of thioether (sulfide) groups is 1. The summed E-state index contributed by atoms with van der Waals surface area (Å²) in [6.07, 6.45) is 0. The first-order valence-electron chi connectivity index (χ1n) is 3.77. The molecule has 1 aliphatic heterocycles. The van der Waals surface area contributed by atoms with Crippen molar-refractivity contribution in [3.8, 4) is 0 Å². The zero-order chi connectivity index (χ0) is 7.40. The van der Waals surface area contributed by atoms with Crippen molar-refractivity contribution in [2.24, 2.45) is 0 Å². The number of nitrogens with zero attached hydrogens (tertiary/aromatic N) is 1. The van der Waals surface area contributed by atoms with Crippen LogP contribution in [0, 0.1) is 0 Å². The average molecular weight is 177 g/mol. The summed E-state index contributed by atoms with van der Waals surface area (Å²) in [5.41, 5.74) is 0. The van der Waals surface area contributed by atoms with Crippen LogP contribution in [-0.4, -0.2) is 41.3 Å². The maximum Gasteiger partial charge on any atom is 0.0158 e. The van der Waals surface area contributed by atoms with Crippen molar-refractivity contribution in [2.75, 3.05) is 30.3 Å². The van der Waals surface area contributed by atoms with Gasteiger partial charge in [0.25, 0.3) is 0 Å². The fourth-order valence-corrected chi connectivity index (χ4v) is 2.56. The van der Waals surface area contributed by atoms with E-state index in [1.54, 1.807) is 0 Å². The van der Waals surface area contributed by atoms with E-state index in [-0.39, 0.29) is 0 Å². The van der Waals surface area contributed by atoms with Crippen LogP contribution < -0.4 is 0 Å². The molecule has 1 heterocycles. The van der Waals surface area contributed by atoms with Crippen molar-refractivity contribution in [2.45, 2.75) is 13.0 Å². The van der Waals surface area contributed by atoms with E-state index in [4.69, 9.17) is 0 Å². The summed E-state index contributed by atoms with van der Waals surface area (Å²) in [6.45, 7) is 4.72. The van der Waals surface area contributed by atoms with Crippen LogP contribution in [0.2, 0.25) is 0 Å². The fourth-order valence-electron chi connectivity index (χ4n) is 1.22. The van der Waals surface area contributed by atoms with Crippen molar-refractivity contribution < 1.29 is 0 Å². The average Bonchev–Trinajstić information content (AvgIpc) is 1.94. The van der Waals surface area contributed by atoms with E-state index in [2.05, 4.69) is 36.2 Å². The molecule has 0 bridgehead atoms. The highest BCUT2D eigenvalue weighted by Gasteiger charge is 2.16. The SMILES string of the molecule is CC1CSCCN1CCS. The molecule has 0 radical (unpaired) electrons. The number of hydrogen-bond acceptors (Lipinski definition) is 3. The molecule has 0 aromatic heterocycles. The number of thiol groups is 1. The molecule has 1 unspecified atom stereocenters. The molecule has 0 amide bonds. The fraction of sp³-hybridized carbons (Fsp3) is 1.00. The van der Waals surface area contributed by atoms with E-state index in [1.807, 2.05) is 0 Å². The standard InChI is InChI=1S/C7H15NS2/c1-7-6-10-5-3-8(7)2-4-9/h7,9H,2-6H2,1H3. The number of hydrogen-bond donors (Lipinski definition) is 1. The van der Waals surface area contributed by atoms with Gasteiger partial charge in [-0.15, -0.1) is 0 Å². The highest BCUT2D eigenvalue weighted by atomic mass is 32.2. The van der Waals surface area contributed by atoms with Crippen LogP contribution in [0.15, 0.2) is 0 Å². The summed E-state index contributed by atoms with van der Waals surface area (Å²) in [4.78, 5) is 2.52. The minimum absolute atomic E-state index is 0.769. The molecule has 3 heteroatoms. The Morgan fingerprint density at radius 1 is 1.70 bits per heavy atom. The van der Waals surface area contributed by atoms with E-state index in [0.29, 0.717) is 0 Å².